The zero-order valence-electron chi connectivity index (χ0n) is 13.9. The van der Waals surface area contributed by atoms with Crippen LogP contribution in [0.15, 0.2) is 42.5 Å². The van der Waals surface area contributed by atoms with Crippen molar-refractivity contribution in [2.24, 2.45) is 0 Å². The molecule has 2 atom stereocenters. The molecule has 0 aliphatic rings. The van der Waals surface area contributed by atoms with Crippen molar-refractivity contribution in [2.45, 2.75) is 39.8 Å². The lowest BCUT2D eigenvalue weighted by Crippen LogP contribution is -2.37. The molecule has 0 aromatic heterocycles. The zero-order chi connectivity index (χ0) is 17.0. The molecule has 0 aliphatic carbocycles. The molecule has 0 radical (unpaired) electrons. The Labute approximate surface area is 136 Å². The quantitative estimate of drug-likeness (QED) is 0.902. The molecule has 0 heterocycles. The smallest absolute Gasteiger partial charge is 0.261 e. The van der Waals surface area contributed by atoms with E-state index in [4.69, 9.17) is 4.74 Å². The van der Waals surface area contributed by atoms with Crippen LogP contribution in [-0.2, 0) is 4.79 Å². The molecule has 0 saturated carbocycles. The molecule has 2 aromatic rings. The molecule has 0 spiro atoms. The minimum absolute atomic E-state index is 0.207. The summed E-state index contributed by atoms with van der Waals surface area (Å²) in [4.78, 5) is 12.3. The Morgan fingerprint density at radius 3 is 2.35 bits per heavy atom. The first-order valence-corrected chi connectivity index (χ1v) is 7.66. The van der Waals surface area contributed by atoms with Crippen LogP contribution in [0.2, 0.25) is 0 Å². The highest BCUT2D eigenvalue weighted by atomic mass is 19.1. The number of amides is 1. The molecule has 0 fully saturated rings. The van der Waals surface area contributed by atoms with E-state index in [1.807, 2.05) is 39.0 Å². The number of hydrogen-bond acceptors (Lipinski definition) is 2. The number of nitrogens with one attached hydrogen (secondary N) is 1. The van der Waals surface area contributed by atoms with E-state index in [-0.39, 0.29) is 17.8 Å². The molecule has 0 unspecified atom stereocenters. The maximum atomic E-state index is 12.9. The zero-order valence-corrected chi connectivity index (χ0v) is 13.9. The fourth-order valence-electron chi connectivity index (χ4n) is 2.34. The summed E-state index contributed by atoms with van der Waals surface area (Å²) in [5.41, 5.74) is 2.99. The van der Waals surface area contributed by atoms with Crippen LogP contribution in [0.5, 0.6) is 5.75 Å². The van der Waals surface area contributed by atoms with Crippen LogP contribution in [0.4, 0.5) is 4.39 Å². The lowest BCUT2D eigenvalue weighted by molar-refractivity contribution is -0.127. The third-order valence-electron chi connectivity index (χ3n) is 3.73. The van der Waals surface area contributed by atoms with Crippen molar-refractivity contribution >= 4 is 5.91 Å². The van der Waals surface area contributed by atoms with Crippen LogP contribution in [-0.4, -0.2) is 12.0 Å². The van der Waals surface area contributed by atoms with E-state index < -0.39 is 6.10 Å². The SMILES string of the molecule is Cc1ccc(O[C@H](C)C(=O)N[C@@H](C)c2ccc(F)cc2)c(C)c1. The lowest BCUT2D eigenvalue weighted by atomic mass is 10.1. The number of halogens is 1. The van der Waals surface area contributed by atoms with E-state index in [0.717, 1.165) is 16.7 Å². The largest absolute Gasteiger partial charge is 0.481 e. The standard InChI is InChI=1S/C19H22FNO2/c1-12-5-10-18(13(2)11-12)23-15(4)19(22)21-14(3)16-6-8-17(20)9-7-16/h5-11,14-15H,1-4H3,(H,21,22)/t14-,15+/m0/s1. The summed E-state index contributed by atoms with van der Waals surface area (Å²) in [6, 6.07) is 11.7. The molecule has 2 aromatic carbocycles. The van der Waals surface area contributed by atoms with Gasteiger partial charge in [-0.15, -0.1) is 0 Å². The van der Waals surface area contributed by atoms with Crippen LogP contribution in [0.3, 0.4) is 0 Å². The Morgan fingerprint density at radius 1 is 1.09 bits per heavy atom. The van der Waals surface area contributed by atoms with Gasteiger partial charge in [0, 0.05) is 0 Å². The molecule has 0 bridgehead atoms. The van der Waals surface area contributed by atoms with Gasteiger partial charge in [0.1, 0.15) is 11.6 Å². The van der Waals surface area contributed by atoms with Crippen molar-refractivity contribution in [1.29, 1.82) is 0 Å². The van der Waals surface area contributed by atoms with Gasteiger partial charge in [-0.25, -0.2) is 4.39 Å². The van der Waals surface area contributed by atoms with E-state index in [2.05, 4.69) is 5.32 Å². The molecule has 1 amide bonds. The first-order valence-electron chi connectivity index (χ1n) is 7.66. The van der Waals surface area contributed by atoms with Crippen molar-refractivity contribution in [3.8, 4) is 5.75 Å². The molecular formula is C19H22FNO2. The third kappa shape index (κ3) is 4.55. The Balaban J connectivity index is 1.98. The summed E-state index contributed by atoms with van der Waals surface area (Å²) in [6.07, 6.45) is -0.612. The second-order valence-corrected chi connectivity index (χ2v) is 5.81. The van der Waals surface area contributed by atoms with Crippen LogP contribution in [0.1, 0.15) is 36.6 Å². The maximum absolute atomic E-state index is 12.9. The number of ether oxygens (including phenoxy) is 1. The predicted octanol–water partition coefficient (Wildman–Crippen LogP) is 4.09. The van der Waals surface area contributed by atoms with Crippen molar-refractivity contribution in [2.75, 3.05) is 0 Å². The lowest BCUT2D eigenvalue weighted by Gasteiger charge is -2.20. The van der Waals surface area contributed by atoms with Gasteiger partial charge in [-0.3, -0.25) is 4.79 Å². The highest BCUT2D eigenvalue weighted by Crippen LogP contribution is 2.20. The molecule has 0 aliphatic heterocycles. The third-order valence-corrected chi connectivity index (χ3v) is 3.73. The number of carbonyl (C=O) groups is 1. The number of hydrogen-bond donors (Lipinski definition) is 1. The average Bonchev–Trinajstić information content (AvgIpc) is 2.50. The molecule has 23 heavy (non-hydrogen) atoms. The normalized spacial score (nSPS) is 13.3. The minimum atomic E-state index is -0.612. The van der Waals surface area contributed by atoms with Gasteiger partial charge in [-0.1, -0.05) is 29.8 Å². The van der Waals surface area contributed by atoms with Crippen molar-refractivity contribution in [1.82, 2.24) is 5.32 Å². The molecular weight excluding hydrogens is 293 g/mol. The topological polar surface area (TPSA) is 38.3 Å². The van der Waals surface area contributed by atoms with E-state index in [9.17, 15) is 9.18 Å². The van der Waals surface area contributed by atoms with E-state index in [1.165, 1.54) is 12.1 Å². The molecule has 4 heteroatoms. The van der Waals surface area contributed by atoms with Crippen molar-refractivity contribution in [3.63, 3.8) is 0 Å². The first kappa shape index (κ1) is 17.0. The summed E-state index contributed by atoms with van der Waals surface area (Å²) < 4.78 is 18.7. The van der Waals surface area contributed by atoms with E-state index in [1.54, 1.807) is 19.1 Å². The number of aryl methyl sites for hydroxylation is 2. The van der Waals surface area contributed by atoms with Crippen LogP contribution in [0.25, 0.3) is 0 Å². The predicted molar refractivity (Wildman–Crippen MR) is 89.0 cm³/mol. The van der Waals surface area contributed by atoms with Gasteiger partial charge in [0.2, 0.25) is 0 Å². The summed E-state index contributed by atoms with van der Waals surface area (Å²) in [7, 11) is 0. The number of rotatable bonds is 5. The minimum Gasteiger partial charge on any atom is -0.481 e. The van der Waals surface area contributed by atoms with Gasteiger partial charge in [0.05, 0.1) is 6.04 Å². The fraction of sp³-hybridized carbons (Fsp3) is 0.316. The van der Waals surface area contributed by atoms with Gasteiger partial charge < -0.3 is 10.1 Å². The fourth-order valence-corrected chi connectivity index (χ4v) is 2.34. The van der Waals surface area contributed by atoms with E-state index in [0.29, 0.717) is 5.75 Å². The molecule has 3 nitrogen and oxygen atoms in total. The van der Waals surface area contributed by atoms with Crippen LogP contribution in [0, 0.1) is 19.7 Å². The molecule has 122 valence electrons. The highest BCUT2D eigenvalue weighted by molar-refractivity contribution is 5.81. The first-order chi connectivity index (χ1) is 10.9. The number of carbonyl (C=O) groups excluding carboxylic acids is 1. The van der Waals surface area contributed by atoms with Crippen LogP contribution < -0.4 is 10.1 Å². The van der Waals surface area contributed by atoms with E-state index >= 15 is 0 Å². The molecule has 0 saturated heterocycles. The van der Waals surface area contributed by atoms with Gasteiger partial charge in [-0.05, 0) is 57.0 Å². The summed E-state index contributed by atoms with van der Waals surface area (Å²) in [6.45, 7) is 7.53. The summed E-state index contributed by atoms with van der Waals surface area (Å²) in [5.74, 6) is 0.202. The summed E-state index contributed by atoms with van der Waals surface area (Å²) in [5, 5.41) is 2.88. The van der Waals surface area contributed by atoms with Gasteiger partial charge >= 0.3 is 0 Å². The Hall–Kier alpha value is -2.36. The van der Waals surface area contributed by atoms with Gasteiger partial charge in [0.15, 0.2) is 6.10 Å². The molecule has 2 rings (SSSR count). The van der Waals surface area contributed by atoms with Crippen LogP contribution >= 0.6 is 0 Å². The molecule has 1 N–H and O–H groups in total. The Morgan fingerprint density at radius 2 is 1.74 bits per heavy atom. The summed E-state index contributed by atoms with van der Waals surface area (Å²) >= 11 is 0. The van der Waals surface area contributed by atoms with Crippen molar-refractivity contribution in [3.05, 3.63) is 65.0 Å². The maximum Gasteiger partial charge on any atom is 0.261 e. The number of benzene rings is 2. The monoisotopic (exact) mass is 315 g/mol. The highest BCUT2D eigenvalue weighted by Gasteiger charge is 2.18. The second kappa shape index (κ2) is 7.27. The average molecular weight is 315 g/mol. The van der Waals surface area contributed by atoms with Gasteiger partial charge in [0.25, 0.3) is 5.91 Å². The second-order valence-electron chi connectivity index (χ2n) is 5.81. The Bertz CT molecular complexity index is 682. The Kier molecular flexibility index (Phi) is 5.37. The van der Waals surface area contributed by atoms with Gasteiger partial charge in [-0.2, -0.15) is 0 Å². The van der Waals surface area contributed by atoms with Crippen molar-refractivity contribution < 1.29 is 13.9 Å².